The molecule has 0 saturated carbocycles. The number of allylic oxidation sites excluding steroid dienone is 1. The second kappa shape index (κ2) is 5.91. The van der Waals surface area contributed by atoms with Gasteiger partial charge in [0, 0.05) is 31.3 Å². The zero-order chi connectivity index (χ0) is 17.4. The minimum absolute atomic E-state index is 0.134. The van der Waals surface area contributed by atoms with Crippen molar-refractivity contribution < 1.29 is 33.0 Å². The highest BCUT2D eigenvalue weighted by molar-refractivity contribution is 5.94. The number of carbonyl (C=O) groups is 3. The third-order valence-electron chi connectivity index (χ3n) is 3.73. The molecule has 0 aliphatic carbocycles. The van der Waals surface area contributed by atoms with Crippen LogP contribution in [0.25, 0.3) is 0 Å². The van der Waals surface area contributed by atoms with Crippen LogP contribution in [0.4, 0.5) is 25.0 Å². The van der Waals surface area contributed by atoms with Gasteiger partial charge in [-0.2, -0.15) is 0 Å². The highest BCUT2D eigenvalue weighted by Crippen LogP contribution is 2.32. The molecule has 1 aromatic carbocycles. The van der Waals surface area contributed by atoms with E-state index in [9.17, 15) is 23.2 Å². The normalized spacial score (nSPS) is 20.5. The van der Waals surface area contributed by atoms with E-state index in [1.54, 1.807) is 0 Å². The minimum atomic E-state index is -1.39. The van der Waals surface area contributed by atoms with Crippen molar-refractivity contribution in [2.24, 2.45) is 0 Å². The average Bonchev–Trinajstić information content (AvgIpc) is 2.90. The van der Waals surface area contributed by atoms with Gasteiger partial charge in [-0.3, -0.25) is 9.69 Å². The zero-order valence-corrected chi connectivity index (χ0v) is 12.2. The fraction of sp³-hybridized carbons (Fsp3) is 0.267. The monoisotopic (exact) mass is 338 g/mol. The molecule has 0 bridgehead atoms. The highest BCUT2D eigenvalue weighted by Gasteiger charge is 2.37. The van der Waals surface area contributed by atoms with E-state index in [1.165, 1.54) is 17.2 Å². The molecule has 0 aromatic heterocycles. The minimum Gasteiger partial charge on any atom is -0.478 e. The van der Waals surface area contributed by atoms with Crippen molar-refractivity contribution in [2.45, 2.75) is 12.5 Å². The topological polar surface area (TPSA) is 87.2 Å². The van der Waals surface area contributed by atoms with Crippen LogP contribution in [-0.2, 0) is 14.3 Å². The van der Waals surface area contributed by atoms with Crippen LogP contribution in [0.1, 0.15) is 6.42 Å². The summed E-state index contributed by atoms with van der Waals surface area (Å²) in [5, 5.41) is 8.85. The fourth-order valence-corrected chi connectivity index (χ4v) is 2.53. The van der Waals surface area contributed by atoms with E-state index in [0.29, 0.717) is 0 Å². The SMILES string of the molecule is O=C1C=CN(c2c(F)cc(N3C[C@H](C(=O)O)OC3=O)cc2F)CC1. The predicted molar refractivity (Wildman–Crippen MR) is 77.7 cm³/mol. The molecule has 2 aliphatic heterocycles. The van der Waals surface area contributed by atoms with Crippen molar-refractivity contribution in [3.8, 4) is 0 Å². The Kier molecular flexibility index (Phi) is 3.92. The second-order valence-corrected chi connectivity index (χ2v) is 5.30. The molecular weight excluding hydrogens is 326 g/mol. The Morgan fingerprint density at radius 1 is 1.25 bits per heavy atom. The first-order valence-electron chi connectivity index (χ1n) is 7.04. The van der Waals surface area contributed by atoms with Gasteiger partial charge in [-0.15, -0.1) is 0 Å². The number of cyclic esters (lactones) is 1. The van der Waals surface area contributed by atoms with Crippen LogP contribution in [0.5, 0.6) is 0 Å². The lowest BCUT2D eigenvalue weighted by atomic mass is 10.1. The van der Waals surface area contributed by atoms with E-state index in [1.807, 2.05) is 0 Å². The predicted octanol–water partition coefficient (Wildman–Crippen LogP) is 1.67. The van der Waals surface area contributed by atoms with Crippen LogP contribution in [0.2, 0.25) is 0 Å². The molecule has 1 amide bonds. The Morgan fingerprint density at radius 3 is 2.42 bits per heavy atom. The van der Waals surface area contributed by atoms with Crippen LogP contribution in [0.3, 0.4) is 0 Å². The number of hydrogen-bond donors (Lipinski definition) is 1. The maximum atomic E-state index is 14.3. The summed E-state index contributed by atoms with van der Waals surface area (Å²) >= 11 is 0. The number of amides is 1. The molecule has 1 saturated heterocycles. The van der Waals surface area contributed by atoms with Crippen LogP contribution < -0.4 is 9.80 Å². The molecule has 7 nitrogen and oxygen atoms in total. The number of rotatable bonds is 3. The van der Waals surface area contributed by atoms with Crippen molar-refractivity contribution in [1.29, 1.82) is 0 Å². The number of nitrogens with zero attached hydrogens (tertiary/aromatic N) is 2. The summed E-state index contributed by atoms with van der Waals surface area (Å²) in [4.78, 5) is 35.8. The van der Waals surface area contributed by atoms with Gasteiger partial charge in [0.15, 0.2) is 17.4 Å². The number of halogens is 2. The number of ketones is 1. The zero-order valence-electron chi connectivity index (χ0n) is 12.2. The van der Waals surface area contributed by atoms with Crippen molar-refractivity contribution >= 4 is 29.2 Å². The van der Waals surface area contributed by atoms with Crippen molar-refractivity contribution in [3.63, 3.8) is 0 Å². The number of benzene rings is 1. The third-order valence-corrected chi connectivity index (χ3v) is 3.73. The Hall–Kier alpha value is -2.97. The first-order valence-corrected chi connectivity index (χ1v) is 7.04. The molecule has 0 spiro atoms. The summed E-state index contributed by atoms with van der Waals surface area (Å²) in [6.45, 7) is -0.208. The molecule has 2 aliphatic rings. The number of hydrogen-bond acceptors (Lipinski definition) is 5. The number of carbonyl (C=O) groups excluding carboxylic acids is 2. The number of aliphatic carboxylic acids is 1. The smallest absolute Gasteiger partial charge is 0.415 e. The molecular formula is C15H12F2N2O5. The summed E-state index contributed by atoms with van der Waals surface area (Å²) in [5.74, 6) is -3.35. The molecule has 2 heterocycles. The van der Waals surface area contributed by atoms with E-state index in [4.69, 9.17) is 5.11 Å². The van der Waals surface area contributed by atoms with E-state index < -0.39 is 29.8 Å². The van der Waals surface area contributed by atoms with E-state index in [-0.39, 0.29) is 36.7 Å². The summed E-state index contributed by atoms with van der Waals surface area (Å²) < 4.78 is 33.3. The lowest BCUT2D eigenvalue weighted by molar-refractivity contribution is -0.144. The quantitative estimate of drug-likeness (QED) is 0.902. The van der Waals surface area contributed by atoms with Crippen molar-refractivity contribution in [2.75, 3.05) is 22.9 Å². The molecule has 24 heavy (non-hydrogen) atoms. The Balaban J connectivity index is 1.90. The van der Waals surface area contributed by atoms with E-state index in [0.717, 1.165) is 17.0 Å². The van der Waals surface area contributed by atoms with Crippen molar-refractivity contribution in [3.05, 3.63) is 36.0 Å². The van der Waals surface area contributed by atoms with Gasteiger partial charge >= 0.3 is 12.1 Å². The molecule has 126 valence electrons. The first-order chi connectivity index (χ1) is 11.4. The number of ether oxygens (including phenoxy) is 1. The molecule has 1 atom stereocenters. The average molecular weight is 338 g/mol. The summed E-state index contributed by atoms with van der Waals surface area (Å²) in [6.07, 6.45) is 0.274. The van der Waals surface area contributed by atoms with Gasteiger partial charge in [0.05, 0.1) is 12.2 Å². The lowest BCUT2D eigenvalue weighted by Crippen LogP contribution is -2.29. The summed E-state index contributed by atoms with van der Waals surface area (Å²) in [6, 6.07) is 1.85. The first kappa shape index (κ1) is 15.9. The molecule has 0 unspecified atom stereocenters. The Bertz CT molecular complexity index is 741. The van der Waals surface area contributed by atoms with Crippen molar-refractivity contribution in [1.82, 2.24) is 0 Å². The number of anilines is 2. The molecule has 1 fully saturated rings. The summed E-state index contributed by atoms with van der Waals surface area (Å²) in [7, 11) is 0. The van der Waals surface area contributed by atoms with Gasteiger partial charge in [0.1, 0.15) is 5.69 Å². The van der Waals surface area contributed by atoms with Crippen LogP contribution >= 0.6 is 0 Å². The van der Waals surface area contributed by atoms with Gasteiger partial charge in [-0.1, -0.05) is 0 Å². The van der Waals surface area contributed by atoms with Gasteiger partial charge < -0.3 is 14.7 Å². The second-order valence-electron chi connectivity index (χ2n) is 5.30. The Labute approximate surface area is 134 Å². The van der Waals surface area contributed by atoms with Gasteiger partial charge in [0.2, 0.25) is 6.10 Å². The maximum absolute atomic E-state index is 14.3. The van der Waals surface area contributed by atoms with E-state index >= 15 is 0 Å². The molecule has 0 radical (unpaired) electrons. The van der Waals surface area contributed by atoms with Gasteiger partial charge in [0.25, 0.3) is 0 Å². The van der Waals surface area contributed by atoms with Crippen LogP contribution in [0, 0.1) is 11.6 Å². The standard InChI is InChI=1S/C15H12F2N2O5/c16-10-5-8(19-7-12(14(21)22)24-15(19)23)6-11(17)13(10)18-3-1-9(20)2-4-18/h1,3,5-6,12H,2,4,7H2,(H,21,22)/t12-/m1/s1. The molecule has 9 heteroatoms. The largest absolute Gasteiger partial charge is 0.478 e. The lowest BCUT2D eigenvalue weighted by Gasteiger charge is -2.25. The maximum Gasteiger partial charge on any atom is 0.415 e. The van der Waals surface area contributed by atoms with E-state index in [2.05, 4.69) is 4.74 Å². The fourth-order valence-electron chi connectivity index (χ4n) is 2.53. The van der Waals surface area contributed by atoms with Gasteiger partial charge in [-0.05, 0) is 6.08 Å². The highest BCUT2D eigenvalue weighted by atomic mass is 19.1. The third kappa shape index (κ3) is 2.80. The van der Waals surface area contributed by atoms with Crippen LogP contribution in [0.15, 0.2) is 24.4 Å². The molecule has 3 rings (SSSR count). The molecule has 1 N–H and O–H groups in total. The summed E-state index contributed by atoms with van der Waals surface area (Å²) in [5.41, 5.74) is -0.482. The van der Waals surface area contributed by atoms with Crippen LogP contribution in [-0.4, -0.2) is 42.1 Å². The number of carboxylic acids is 1. The Morgan fingerprint density at radius 2 is 1.92 bits per heavy atom. The number of carboxylic acid groups (broad SMARTS) is 1. The van der Waals surface area contributed by atoms with Gasteiger partial charge in [-0.25, -0.2) is 18.4 Å². The molecule has 1 aromatic rings.